The Morgan fingerprint density at radius 1 is 1.64 bits per heavy atom. The van der Waals surface area contributed by atoms with Crippen LogP contribution in [0.15, 0.2) is 11.8 Å². The summed E-state index contributed by atoms with van der Waals surface area (Å²) < 4.78 is 4.57. The fraction of sp³-hybridized carbons (Fsp3) is 0.333. The summed E-state index contributed by atoms with van der Waals surface area (Å²) in [5.74, 6) is -2.39. The van der Waals surface area contributed by atoms with Gasteiger partial charge in [0.2, 0.25) is 0 Å². The first-order valence-electron chi connectivity index (χ1n) is 2.94. The number of rotatable bonds is 4. The molecular weight excluding hydrogens is 150 g/mol. The molecule has 0 heterocycles. The molecule has 5 heteroatoms. The van der Waals surface area contributed by atoms with E-state index in [-0.39, 0.29) is 0 Å². The van der Waals surface area contributed by atoms with Gasteiger partial charge in [0.05, 0.1) is 6.61 Å². The largest absolute Gasteiger partial charge is 0.500 e. The Labute approximate surface area is 63.4 Å². The summed E-state index contributed by atoms with van der Waals surface area (Å²) >= 11 is 0. The lowest BCUT2D eigenvalue weighted by molar-refractivity contribution is -0.134. The normalized spacial score (nSPS) is 10.8. The second-order valence-electron chi connectivity index (χ2n) is 1.66. The molecule has 0 fully saturated rings. The zero-order chi connectivity index (χ0) is 8.85. The Morgan fingerprint density at radius 3 is 2.45 bits per heavy atom. The Balaban J connectivity index is 4.33. The van der Waals surface area contributed by atoms with Crippen LogP contribution in [0.2, 0.25) is 0 Å². The lowest BCUT2D eigenvalue weighted by Gasteiger charge is -1.96. The van der Waals surface area contributed by atoms with Crippen LogP contribution in [0.1, 0.15) is 6.92 Å². The molecule has 0 aliphatic carbocycles. The van der Waals surface area contributed by atoms with E-state index in [0.29, 0.717) is 6.61 Å². The standard InChI is InChI=1S/C6H9NO4/c1-2-11-3-4(5(7)8)6(9)10/h3H,2H2,1H3,(H2,7,8)(H,9,10)/b4-3+. The summed E-state index contributed by atoms with van der Waals surface area (Å²) in [6, 6.07) is 0. The van der Waals surface area contributed by atoms with Crippen molar-refractivity contribution in [2.45, 2.75) is 6.92 Å². The minimum absolute atomic E-state index is 0.296. The van der Waals surface area contributed by atoms with Gasteiger partial charge in [-0.05, 0) is 6.92 Å². The smallest absolute Gasteiger partial charge is 0.344 e. The predicted molar refractivity (Wildman–Crippen MR) is 36.5 cm³/mol. The number of hydrogen-bond donors (Lipinski definition) is 2. The molecule has 0 spiro atoms. The SMILES string of the molecule is CCO/C=C(\C(N)=O)C(=O)O. The molecule has 0 aliphatic rings. The number of carbonyl (C=O) groups is 2. The van der Waals surface area contributed by atoms with Crippen LogP contribution < -0.4 is 5.73 Å². The lowest BCUT2D eigenvalue weighted by atomic mass is 10.3. The summed E-state index contributed by atoms with van der Waals surface area (Å²) in [5, 5.41) is 8.32. The molecule has 0 unspecified atom stereocenters. The molecule has 0 aliphatic heterocycles. The molecule has 0 atom stereocenters. The third-order valence-corrected chi connectivity index (χ3v) is 0.864. The van der Waals surface area contributed by atoms with Crippen molar-refractivity contribution >= 4 is 11.9 Å². The minimum atomic E-state index is -1.38. The predicted octanol–water partition coefficient (Wildman–Crippen LogP) is -0.523. The third kappa shape index (κ3) is 3.24. The molecule has 0 aromatic heterocycles. The van der Waals surface area contributed by atoms with Gasteiger partial charge in [-0.1, -0.05) is 0 Å². The zero-order valence-electron chi connectivity index (χ0n) is 6.03. The van der Waals surface area contributed by atoms with Gasteiger partial charge in [0.25, 0.3) is 5.91 Å². The van der Waals surface area contributed by atoms with E-state index in [2.05, 4.69) is 4.74 Å². The topological polar surface area (TPSA) is 89.6 Å². The van der Waals surface area contributed by atoms with Crippen LogP contribution in [-0.4, -0.2) is 23.6 Å². The number of ether oxygens (including phenoxy) is 1. The molecule has 0 rings (SSSR count). The van der Waals surface area contributed by atoms with Gasteiger partial charge in [0.15, 0.2) is 5.57 Å². The van der Waals surface area contributed by atoms with Crippen molar-refractivity contribution in [2.24, 2.45) is 5.73 Å². The Kier molecular flexibility index (Phi) is 3.72. The van der Waals surface area contributed by atoms with Gasteiger partial charge in [0.1, 0.15) is 6.26 Å². The summed E-state index contributed by atoms with van der Waals surface area (Å²) in [4.78, 5) is 20.5. The lowest BCUT2D eigenvalue weighted by Crippen LogP contribution is -2.20. The van der Waals surface area contributed by atoms with Gasteiger partial charge in [0, 0.05) is 0 Å². The second-order valence-corrected chi connectivity index (χ2v) is 1.66. The van der Waals surface area contributed by atoms with Crippen molar-refractivity contribution in [1.82, 2.24) is 0 Å². The minimum Gasteiger partial charge on any atom is -0.500 e. The number of carbonyl (C=O) groups excluding carboxylic acids is 1. The number of carboxylic acids is 1. The van der Waals surface area contributed by atoms with Gasteiger partial charge in [-0.15, -0.1) is 0 Å². The maximum atomic E-state index is 10.3. The summed E-state index contributed by atoms with van der Waals surface area (Å²) in [7, 11) is 0. The van der Waals surface area contributed by atoms with E-state index in [0.717, 1.165) is 6.26 Å². The highest BCUT2D eigenvalue weighted by Gasteiger charge is 2.13. The van der Waals surface area contributed by atoms with Crippen molar-refractivity contribution in [3.05, 3.63) is 11.8 Å². The first-order chi connectivity index (χ1) is 5.09. The average Bonchev–Trinajstić information content (AvgIpc) is 1.87. The molecule has 0 aromatic carbocycles. The zero-order valence-corrected chi connectivity index (χ0v) is 6.03. The molecular formula is C6H9NO4. The maximum Gasteiger partial charge on any atom is 0.344 e. The van der Waals surface area contributed by atoms with Crippen LogP contribution in [0.25, 0.3) is 0 Å². The number of hydrogen-bond acceptors (Lipinski definition) is 3. The fourth-order valence-electron chi connectivity index (χ4n) is 0.381. The number of primary amides is 1. The van der Waals surface area contributed by atoms with E-state index in [4.69, 9.17) is 10.8 Å². The average molecular weight is 159 g/mol. The molecule has 5 nitrogen and oxygen atoms in total. The maximum absolute atomic E-state index is 10.3. The molecule has 62 valence electrons. The van der Waals surface area contributed by atoms with E-state index in [1.807, 2.05) is 0 Å². The van der Waals surface area contributed by atoms with Crippen LogP contribution in [0, 0.1) is 0 Å². The first kappa shape index (κ1) is 9.48. The van der Waals surface area contributed by atoms with Crippen molar-refractivity contribution in [1.29, 1.82) is 0 Å². The Hall–Kier alpha value is -1.52. The van der Waals surface area contributed by atoms with Crippen LogP contribution in [0.3, 0.4) is 0 Å². The molecule has 0 aromatic rings. The third-order valence-electron chi connectivity index (χ3n) is 0.864. The second kappa shape index (κ2) is 4.32. The summed E-state index contributed by atoms with van der Waals surface area (Å²) in [6.45, 7) is 1.96. The highest BCUT2D eigenvalue weighted by atomic mass is 16.5. The van der Waals surface area contributed by atoms with Crippen LogP contribution in [0.4, 0.5) is 0 Å². The van der Waals surface area contributed by atoms with E-state index < -0.39 is 17.4 Å². The number of amides is 1. The molecule has 3 N–H and O–H groups in total. The van der Waals surface area contributed by atoms with Crippen molar-refractivity contribution in [3.63, 3.8) is 0 Å². The van der Waals surface area contributed by atoms with Gasteiger partial charge in [-0.25, -0.2) is 4.79 Å². The monoisotopic (exact) mass is 159 g/mol. The first-order valence-corrected chi connectivity index (χ1v) is 2.94. The quantitative estimate of drug-likeness (QED) is 0.250. The Morgan fingerprint density at radius 2 is 2.18 bits per heavy atom. The molecule has 0 saturated heterocycles. The summed E-state index contributed by atoms with van der Waals surface area (Å²) in [6.07, 6.45) is 0.838. The van der Waals surface area contributed by atoms with Gasteiger partial charge in [-0.2, -0.15) is 0 Å². The number of carboxylic acid groups (broad SMARTS) is 1. The van der Waals surface area contributed by atoms with E-state index in [1.54, 1.807) is 6.92 Å². The van der Waals surface area contributed by atoms with E-state index in [9.17, 15) is 9.59 Å². The molecule has 1 amide bonds. The molecule has 11 heavy (non-hydrogen) atoms. The molecule has 0 bridgehead atoms. The summed E-state index contributed by atoms with van der Waals surface area (Å²) in [5.41, 5.74) is 4.16. The van der Waals surface area contributed by atoms with Crippen molar-refractivity contribution in [3.8, 4) is 0 Å². The highest BCUT2D eigenvalue weighted by Crippen LogP contribution is 1.93. The van der Waals surface area contributed by atoms with Crippen molar-refractivity contribution in [2.75, 3.05) is 6.61 Å². The molecule has 0 saturated carbocycles. The van der Waals surface area contributed by atoms with Gasteiger partial charge < -0.3 is 15.6 Å². The highest BCUT2D eigenvalue weighted by molar-refractivity contribution is 6.14. The number of aliphatic carboxylic acids is 1. The van der Waals surface area contributed by atoms with Crippen LogP contribution in [0.5, 0.6) is 0 Å². The Bertz CT molecular complexity index is 181. The number of nitrogens with two attached hydrogens (primary N) is 1. The van der Waals surface area contributed by atoms with Crippen LogP contribution >= 0.6 is 0 Å². The van der Waals surface area contributed by atoms with E-state index >= 15 is 0 Å². The van der Waals surface area contributed by atoms with Crippen molar-refractivity contribution < 1.29 is 19.4 Å². The van der Waals surface area contributed by atoms with Gasteiger partial charge in [-0.3, -0.25) is 4.79 Å². The van der Waals surface area contributed by atoms with Gasteiger partial charge >= 0.3 is 5.97 Å². The fourth-order valence-corrected chi connectivity index (χ4v) is 0.381. The van der Waals surface area contributed by atoms with E-state index in [1.165, 1.54) is 0 Å². The van der Waals surface area contributed by atoms with Crippen LogP contribution in [-0.2, 0) is 14.3 Å². The molecule has 0 radical (unpaired) electrons.